The normalized spacial score (nSPS) is 14.5. The molecule has 2 aliphatic carbocycles. The van der Waals surface area contributed by atoms with Gasteiger partial charge in [0.15, 0.2) is 0 Å². The first-order valence-corrected chi connectivity index (χ1v) is 23.2. The SMILES string of the molecule is CC1CC=Cc2sc3c(N(c4ccc(-c5cc(-c6ccccc6)cc(-c6ccccc6)c5)cc4)c4ccc(C5(c6ccccc6)c6ccccc6-c6ccccc65)cc4)cccc3c21. The number of benzene rings is 9. The molecule has 12 rings (SSSR count). The summed E-state index contributed by atoms with van der Waals surface area (Å²) >= 11 is 1.92. The van der Waals surface area contributed by atoms with Gasteiger partial charge in [-0.15, -0.1) is 11.3 Å². The topological polar surface area (TPSA) is 3.24 Å². The largest absolute Gasteiger partial charge is 0.309 e. The quantitative estimate of drug-likeness (QED) is 0.147. The summed E-state index contributed by atoms with van der Waals surface area (Å²) in [5.41, 5.74) is 19.5. The Balaban J connectivity index is 1.02. The van der Waals surface area contributed by atoms with Crippen molar-refractivity contribution < 1.29 is 0 Å². The summed E-state index contributed by atoms with van der Waals surface area (Å²) in [5, 5.41) is 1.36. The third-order valence-electron chi connectivity index (χ3n) is 13.6. The van der Waals surface area contributed by atoms with Crippen LogP contribution in [0, 0.1) is 0 Å². The lowest BCUT2D eigenvalue weighted by Crippen LogP contribution is -2.28. The molecule has 0 amide bonds. The fourth-order valence-electron chi connectivity index (χ4n) is 10.6. The van der Waals surface area contributed by atoms with E-state index < -0.39 is 5.41 Å². The van der Waals surface area contributed by atoms with Crippen LogP contribution in [0.3, 0.4) is 0 Å². The lowest BCUT2D eigenvalue weighted by Gasteiger charge is -2.34. The smallest absolute Gasteiger partial charge is 0.0713 e. The highest BCUT2D eigenvalue weighted by atomic mass is 32.1. The van der Waals surface area contributed by atoms with Gasteiger partial charge < -0.3 is 4.90 Å². The number of hydrogen-bond donors (Lipinski definition) is 0. The van der Waals surface area contributed by atoms with Crippen LogP contribution in [-0.4, -0.2) is 0 Å². The van der Waals surface area contributed by atoms with Gasteiger partial charge in [0.05, 0.1) is 15.8 Å². The molecule has 10 aromatic rings. The van der Waals surface area contributed by atoms with Gasteiger partial charge in [-0.2, -0.15) is 0 Å². The third kappa shape index (κ3) is 6.20. The number of allylic oxidation sites excluding steroid dienone is 1. The minimum atomic E-state index is -0.457. The van der Waals surface area contributed by atoms with Crippen molar-refractivity contribution in [3.05, 3.63) is 263 Å². The number of anilines is 3. The number of hydrogen-bond acceptors (Lipinski definition) is 2. The van der Waals surface area contributed by atoms with Crippen molar-refractivity contribution in [2.75, 3.05) is 4.90 Å². The Morgan fingerprint density at radius 1 is 0.453 bits per heavy atom. The maximum absolute atomic E-state index is 2.48. The highest BCUT2D eigenvalue weighted by molar-refractivity contribution is 7.20. The maximum atomic E-state index is 2.48. The molecule has 0 aliphatic heterocycles. The van der Waals surface area contributed by atoms with Crippen LogP contribution >= 0.6 is 11.3 Å². The van der Waals surface area contributed by atoms with Crippen LogP contribution < -0.4 is 4.90 Å². The fraction of sp³-hybridized carbons (Fsp3) is 0.0645. The van der Waals surface area contributed by atoms with Gasteiger partial charge in [0.2, 0.25) is 0 Å². The molecular weight excluding hydrogens is 791 g/mol. The zero-order chi connectivity index (χ0) is 42.6. The molecule has 1 atom stereocenters. The van der Waals surface area contributed by atoms with Crippen LogP contribution in [0.25, 0.3) is 60.7 Å². The van der Waals surface area contributed by atoms with Crippen LogP contribution in [0.5, 0.6) is 0 Å². The molecule has 0 spiro atoms. The second-order valence-electron chi connectivity index (χ2n) is 17.2. The van der Waals surface area contributed by atoms with E-state index in [1.54, 1.807) is 0 Å². The number of thiophene rings is 1. The minimum absolute atomic E-state index is 0.457. The summed E-state index contributed by atoms with van der Waals surface area (Å²) in [6.07, 6.45) is 5.75. The zero-order valence-corrected chi connectivity index (χ0v) is 36.5. The maximum Gasteiger partial charge on any atom is 0.0713 e. The Morgan fingerprint density at radius 2 is 0.938 bits per heavy atom. The van der Waals surface area contributed by atoms with Gasteiger partial charge in [-0.1, -0.05) is 189 Å². The summed E-state index contributed by atoms with van der Waals surface area (Å²) in [7, 11) is 0. The monoisotopic (exact) mass is 835 g/mol. The van der Waals surface area contributed by atoms with Gasteiger partial charge in [-0.3, -0.25) is 0 Å². The molecule has 1 heterocycles. The summed E-state index contributed by atoms with van der Waals surface area (Å²) in [4.78, 5) is 3.86. The van der Waals surface area contributed by atoms with Crippen molar-refractivity contribution in [1.29, 1.82) is 0 Å². The van der Waals surface area contributed by atoms with E-state index in [-0.39, 0.29) is 0 Å². The predicted octanol–water partition coefficient (Wildman–Crippen LogP) is 17.3. The van der Waals surface area contributed by atoms with Crippen molar-refractivity contribution in [2.45, 2.75) is 24.7 Å². The first-order valence-electron chi connectivity index (χ1n) is 22.4. The molecule has 0 fully saturated rings. The standard InChI is InChI=1S/C62H45NS/c1-42-17-15-30-59-60(42)55-26-16-29-58(61(55)64-59)63(51-35-31-45(32-36-51)48-40-46(43-18-5-2-6-19-43)39-47(41-48)44-20-7-3-8-21-44)52-37-33-50(34-38-52)62(49-22-9-4-10-23-49)56-27-13-11-24-53(56)54-25-12-14-28-57(54)62/h2-16,18-42H,17H2,1H3. The number of rotatable bonds is 8. The Kier molecular flexibility index (Phi) is 9.35. The van der Waals surface area contributed by atoms with Crippen molar-refractivity contribution in [3.63, 3.8) is 0 Å². The molecule has 0 N–H and O–H groups in total. The lowest BCUT2D eigenvalue weighted by atomic mass is 9.68. The predicted molar refractivity (Wildman–Crippen MR) is 272 cm³/mol. The van der Waals surface area contributed by atoms with E-state index in [1.165, 1.54) is 93.0 Å². The second-order valence-corrected chi connectivity index (χ2v) is 18.3. The molecule has 1 unspecified atom stereocenters. The molecular formula is C62H45NS. The van der Waals surface area contributed by atoms with E-state index in [0.717, 1.165) is 17.8 Å². The van der Waals surface area contributed by atoms with E-state index in [4.69, 9.17) is 0 Å². The van der Waals surface area contributed by atoms with E-state index in [2.05, 4.69) is 248 Å². The average molecular weight is 836 g/mol. The molecule has 0 saturated heterocycles. The fourth-order valence-corrected chi connectivity index (χ4v) is 12.0. The van der Waals surface area contributed by atoms with Gasteiger partial charge in [0.1, 0.15) is 0 Å². The highest BCUT2D eigenvalue weighted by Gasteiger charge is 2.45. The number of nitrogens with zero attached hydrogens (tertiary/aromatic N) is 1. The van der Waals surface area contributed by atoms with E-state index in [1.807, 2.05) is 11.3 Å². The van der Waals surface area contributed by atoms with Crippen molar-refractivity contribution in [2.24, 2.45) is 0 Å². The van der Waals surface area contributed by atoms with Gasteiger partial charge >= 0.3 is 0 Å². The van der Waals surface area contributed by atoms with Crippen molar-refractivity contribution in [3.8, 4) is 44.5 Å². The molecule has 64 heavy (non-hydrogen) atoms. The second kappa shape index (κ2) is 15.7. The van der Waals surface area contributed by atoms with Gasteiger partial charge in [0.25, 0.3) is 0 Å². The van der Waals surface area contributed by atoms with Crippen LogP contribution in [0.1, 0.15) is 52.0 Å². The molecule has 0 saturated carbocycles. The van der Waals surface area contributed by atoms with E-state index in [0.29, 0.717) is 5.92 Å². The Bertz CT molecular complexity index is 3240. The summed E-state index contributed by atoms with van der Waals surface area (Å²) in [5.74, 6) is 0.481. The minimum Gasteiger partial charge on any atom is -0.309 e. The van der Waals surface area contributed by atoms with Gasteiger partial charge in [-0.05, 0) is 145 Å². The van der Waals surface area contributed by atoms with E-state index >= 15 is 0 Å². The Hall–Kier alpha value is -7.52. The Labute approximate surface area is 379 Å². The summed E-state index contributed by atoms with van der Waals surface area (Å²) < 4.78 is 1.32. The molecule has 304 valence electrons. The van der Waals surface area contributed by atoms with Crippen LogP contribution in [-0.2, 0) is 5.41 Å². The van der Waals surface area contributed by atoms with Crippen molar-refractivity contribution >= 4 is 44.6 Å². The average Bonchev–Trinajstić information content (AvgIpc) is 3.91. The van der Waals surface area contributed by atoms with Crippen LogP contribution in [0.2, 0.25) is 0 Å². The molecule has 0 bridgehead atoms. The molecule has 0 radical (unpaired) electrons. The summed E-state index contributed by atoms with van der Waals surface area (Å²) in [6, 6.07) is 83.1. The molecule has 2 aliphatic rings. The molecule has 9 aromatic carbocycles. The van der Waals surface area contributed by atoms with Crippen molar-refractivity contribution in [1.82, 2.24) is 0 Å². The molecule has 1 nitrogen and oxygen atoms in total. The lowest BCUT2D eigenvalue weighted by molar-refractivity contribution is 0.768. The van der Waals surface area contributed by atoms with Gasteiger partial charge in [0, 0.05) is 16.3 Å². The third-order valence-corrected chi connectivity index (χ3v) is 14.8. The zero-order valence-electron chi connectivity index (χ0n) is 35.7. The van der Waals surface area contributed by atoms with Crippen LogP contribution in [0.15, 0.2) is 231 Å². The number of fused-ring (bicyclic) bond motifs is 6. The molecule has 1 aromatic heterocycles. The highest BCUT2D eigenvalue weighted by Crippen LogP contribution is 2.56. The van der Waals surface area contributed by atoms with Crippen LogP contribution in [0.4, 0.5) is 17.1 Å². The Morgan fingerprint density at radius 3 is 1.52 bits per heavy atom. The van der Waals surface area contributed by atoms with Gasteiger partial charge in [-0.25, -0.2) is 0 Å². The first-order chi connectivity index (χ1) is 31.6. The molecule has 2 heteroatoms. The van der Waals surface area contributed by atoms with E-state index in [9.17, 15) is 0 Å². The first kappa shape index (κ1) is 38.2. The summed E-state index contributed by atoms with van der Waals surface area (Å²) in [6.45, 7) is 2.37.